The number of anilines is 1. The minimum absolute atomic E-state index is 0.133. The number of hydrogen-bond acceptors (Lipinski definition) is 6. The number of benzene rings is 1. The Hall–Kier alpha value is -3.33. The largest absolute Gasteiger partial charge is 0.619 e. The van der Waals surface area contributed by atoms with Crippen LogP contribution in [0.3, 0.4) is 0 Å². The van der Waals surface area contributed by atoms with E-state index >= 15 is 0 Å². The van der Waals surface area contributed by atoms with Gasteiger partial charge in [-0.15, -0.1) is 0 Å². The molecule has 2 rings (SSSR count). The summed E-state index contributed by atoms with van der Waals surface area (Å²) >= 11 is 5.90. The molecule has 0 fully saturated rings. The standard InChI is InChI=1S/C18H18ClN3O6/c1-21(10-16(23)20-14-9-13(19)3-4-15(14)27-2)17(24)11-28-18(25)12-5-7-22(26)8-6-12/h3-9H,10-11H2,1-2H3,(H,20,23). The summed E-state index contributed by atoms with van der Waals surface area (Å²) in [5.41, 5.74) is 0.500. The number of carbonyl (C=O) groups excluding carboxylic acids is 3. The minimum Gasteiger partial charge on any atom is -0.619 e. The summed E-state index contributed by atoms with van der Waals surface area (Å²) in [6.07, 6.45) is 2.28. The number of carbonyl (C=O) groups is 3. The normalized spacial score (nSPS) is 10.1. The van der Waals surface area contributed by atoms with Crippen LogP contribution >= 0.6 is 11.6 Å². The zero-order valence-electron chi connectivity index (χ0n) is 15.2. The molecule has 0 aliphatic heterocycles. The van der Waals surface area contributed by atoms with Crippen LogP contribution in [0.25, 0.3) is 0 Å². The average molecular weight is 408 g/mol. The second-order valence-electron chi connectivity index (χ2n) is 5.67. The van der Waals surface area contributed by atoms with E-state index in [2.05, 4.69) is 5.32 Å². The Balaban J connectivity index is 1.86. The molecule has 0 saturated carbocycles. The van der Waals surface area contributed by atoms with E-state index in [0.717, 1.165) is 17.3 Å². The SMILES string of the molecule is COc1ccc(Cl)cc1NC(=O)CN(C)C(=O)COC(=O)c1cc[n+]([O-])cc1. The van der Waals surface area contributed by atoms with Crippen molar-refractivity contribution in [1.29, 1.82) is 0 Å². The first-order valence-corrected chi connectivity index (χ1v) is 8.41. The maximum absolute atomic E-state index is 12.2. The quantitative estimate of drug-likeness (QED) is 0.420. The molecule has 1 aromatic heterocycles. The van der Waals surface area contributed by atoms with Gasteiger partial charge in [-0.25, -0.2) is 4.79 Å². The number of nitrogens with one attached hydrogen (secondary N) is 1. The highest BCUT2D eigenvalue weighted by Gasteiger charge is 2.17. The van der Waals surface area contributed by atoms with Crippen molar-refractivity contribution in [2.24, 2.45) is 0 Å². The van der Waals surface area contributed by atoms with Gasteiger partial charge in [-0.2, -0.15) is 4.73 Å². The Morgan fingerprint density at radius 1 is 1.21 bits per heavy atom. The molecule has 0 saturated heterocycles. The van der Waals surface area contributed by atoms with Gasteiger partial charge in [0, 0.05) is 24.2 Å². The summed E-state index contributed by atoms with van der Waals surface area (Å²) in [6, 6.07) is 7.28. The van der Waals surface area contributed by atoms with Crippen LogP contribution in [0.15, 0.2) is 42.7 Å². The number of esters is 1. The van der Waals surface area contributed by atoms with Gasteiger partial charge in [0.15, 0.2) is 19.0 Å². The molecule has 0 aliphatic carbocycles. The number of pyridine rings is 1. The van der Waals surface area contributed by atoms with Crippen molar-refractivity contribution in [3.05, 3.63) is 58.5 Å². The smallest absolute Gasteiger partial charge is 0.339 e. The number of rotatable bonds is 7. The third-order valence-corrected chi connectivity index (χ3v) is 3.84. The fraction of sp³-hybridized carbons (Fsp3) is 0.222. The number of halogens is 1. The van der Waals surface area contributed by atoms with E-state index in [-0.39, 0.29) is 12.1 Å². The first-order valence-electron chi connectivity index (χ1n) is 8.03. The number of amides is 2. The van der Waals surface area contributed by atoms with Gasteiger partial charge in [-0.1, -0.05) is 11.6 Å². The van der Waals surface area contributed by atoms with Crippen LogP contribution < -0.4 is 14.8 Å². The topological polar surface area (TPSA) is 112 Å². The van der Waals surface area contributed by atoms with E-state index in [9.17, 15) is 19.6 Å². The van der Waals surface area contributed by atoms with Crippen molar-refractivity contribution >= 4 is 35.1 Å². The Kier molecular flexibility index (Phi) is 7.16. The number of hydrogen-bond donors (Lipinski definition) is 1. The third-order valence-electron chi connectivity index (χ3n) is 3.61. The van der Waals surface area contributed by atoms with Gasteiger partial charge in [0.1, 0.15) is 5.75 Å². The number of ether oxygens (including phenoxy) is 2. The molecule has 148 valence electrons. The number of aromatic nitrogens is 1. The van der Waals surface area contributed by atoms with Gasteiger partial charge < -0.3 is 24.9 Å². The van der Waals surface area contributed by atoms with Crippen LogP contribution in [0.1, 0.15) is 10.4 Å². The molecule has 0 aliphatic rings. The molecule has 0 bridgehead atoms. The highest BCUT2D eigenvalue weighted by molar-refractivity contribution is 6.31. The van der Waals surface area contributed by atoms with E-state index in [4.69, 9.17) is 21.1 Å². The average Bonchev–Trinajstić information content (AvgIpc) is 2.66. The fourth-order valence-corrected chi connectivity index (χ4v) is 2.31. The van der Waals surface area contributed by atoms with E-state index in [0.29, 0.717) is 21.2 Å². The second-order valence-corrected chi connectivity index (χ2v) is 6.10. The summed E-state index contributed by atoms with van der Waals surface area (Å²) in [4.78, 5) is 37.2. The minimum atomic E-state index is -0.754. The maximum Gasteiger partial charge on any atom is 0.339 e. The second kappa shape index (κ2) is 9.56. The van der Waals surface area contributed by atoms with E-state index in [1.54, 1.807) is 12.1 Å². The molecule has 0 unspecified atom stereocenters. The summed E-state index contributed by atoms with van der Waals surface area (Å²) in [5, 5.41) is 14.0. The zero-order valence-corrected chi connectivity index (χ0v) is 15.9. The van der Waals surface area contributed by atoms with Gasteiger partial charge in [0.2, 0.25) is 5.91 Å². The van der Waals surface area contributed by atoms with Gasteiger partial charge >= 0.3 is 5.97 Å². The van der Waals surface area contributed by atoms with Crippen molar-refractivity contribution in [2.45, 2.75) is 0 Å². The van der Waals surface area contributed by atoms with Crippen molar-refractivity contribution in [3.63, 3.8) is 0 Å². The van der Waals surface area contributed by atoms with Crippen molar-refractivity contribution in [1.82, 2.24) is 4.90 Å². The maximum atomic E-state index is 12.2. The molecule has 0 radical (unpaired) electrons. The summed E-state index contributed by atoms with van der Waals surface area (Å²) in [6.45, 7) is -0.817. The van der Waals surface area contributed by atoms with Crippen LogP contribution in [0.2, 0.25) is 5.02 Å². The Morgan fingerprint density at radius 3 is 2.54 bits per heavy atom. The van der Waals surface area contributed by atoms with Crippen LogP contribution in [0.4, 0.5) is 5.69 Å². The van der Waals surface area contributed by atoms with Crippen LogP contribution in [0, 0.1) is 5.21 Å². The lowest BCUT2D eigenvalue weighted by Crippen LogP contribution is -2.37. The predicted molar refractivity (Wildman–Crippen MR) is 100.0 cm³/mol. The third kappa shape index (κ3) is 5.85. The molecule has 28 heavy (non-hydrogen) atoms. The zero-order chi connectivity index (χ0) is 20.7. The Bertz CT molecular complexity index is 872. The van der Waals surface area contributed by atoms with Crippen molar-refractivity contribution in [3.8, 4) is 5.75 Å². The van der Waals surface area contributed by atoms with Gasteiger partial charge in [-0.3, -0.25) is 9.59 Å². The highest BCUT2D eigenvalue weighted by Crippen LogP contribution is 2.27. The van der Waals surface area contributed by atoms with Crippen LogP contribution in [0.5, 0.6) is 5.75 Å². The summed E-state index contributed by atoms with van der Waals surface area (Å²) in [7, 11) is 2.85. The first kappa shape index (κ1) is 21.0. The molecule has 2 aromatic rings. The molecular formula is C18H18ClN3O6. The molecule has 10 heteroatoms. The Labute approximate surface area is 166 Å². The van der Waals surface area contributed by atoms with Crippen molar-refractivity contribution in [2.75, 3.05) is 32.6 Å². The van der Waals surface area contributed by atoms with Gasteiger partial charge in [0.05, 0.1) is 24.9 Å². The molecule has 1 N–H and O–H groups in total. The highest BCUT2D eigenvalue weighted by atomic mass is 35.5. The van der Waals surface area contributed by atoms with E-state index in [1.807, 2.05) is 0 Å². The predicted octanol–water partition coefficient (Wildman–Crippen LogP) is 1.24. The van der Waals surface area contributed by atoms with Gasteiger partial charge in [0.25, 0.3) is 5.91 Å². The Morgan fingerprint density at radius 2 is 1.89 bits per heavy atom. The van der Waals surface area contributed by atoms with Crippen LogP contribution in [-0.4, -0.2) is 50.0 Å². The summed E-state index contributed by atoms with van der Waals surface area (Å²) in [5.74, 6) is -1.39. The van der Waals surface area contributed by atoms with Crippen LogP contribution in [-0.2, 0) is 14.3 Å². The molecule has 1 heterocycles. The summed E-state index contributed by atoms with van der Waals surface area (Å²) < 4.78 is 10.5. The molecule has 0 spiro atoms. The van der Waals surface area contributed by atoms with Gasteiger partial charge in [-0.05, 0) is 18.2 Å². The molecule has 0 atom stereocenters. The monoisotopic (exact) mass is 407 g/mol. The molecule has 2 amide bonds. The van der Waals surface area contributed by atoms with Crippen molar-refractivity contribution < 1.29 is 28.6 Å². The fourth-order valence-electron chi connectivity index (χ4n) is 2.14. The lowest BCUT2D eigenvalue weighted by atomic mass is 10.3. The molecule has 9 nitrogen and oxygen atoms in total. The van der Waals surface area contributed by atoms with E-state index < -0.39 is 24.4 Å². The molecule has 1 aromatic carbocycles. The molecular weight excluding hydrogens is 390 g/mol. The number of likely N-dealkylation sites (N-methyl/N-ethyl adjacent to an activating group) is 1. The lowest BCUT2D eigenvalue weighted by molar-refractivity contribution is -0.605. The first-order chi connectivity index (χ1) is 13.3. The number of methoxy groups -OCH3 is 1. The number of nitrogens with zero attached hydrogens (tertiary/aromatic N) is 2. The lowest BCUT2D eigenvalue weighted by Gasteiger charge is -2.17. The van der Waals surface area contributed by atoms with E-state index in [1.165, 1.54) is 32.4 Å².